The van der Waals surface area contributed by atoms with Gasteiger partial charge in [-0.25, -0.2) is 9.97 Å². The van der Waals surface area contributed by atoms with Crippen LogP contribution >= 0.6 is 0 Å². The summed E-state index contributed by atoms with van der Waals surface area (Å²) in [6.45, 7) is 0. The molecule has 0 aliphatic carbocycles. The molecule has 0 spiro atoms. The van der Waals surface area contributed by atoms with Crippen LogP contribution in [0.3, 0.4) is 0 Å². The largest absolute Gasteiger partial charge is 2.00 e. The van der Waals surface area contributed by atoms with Crippen molar-refractivity contribution < 1.29 is 67.6 Å². The van der Waals surface area contributed by atoms with E-state index >= 15 is 0 Å². The minimum Gasteiger partial charge on any atom is -0.457 e. The van der Waals surface area contributed by atoms with Crippen LogP contribution in [0.5, 0.6) is 0 Å². The van der Waals surface area contributed by atoms with Gasteiger partial charge in [0.15, 0.2) is 0 Å². The van der Waals surface area contributed by atoms with Crippen LogP contribution in [-0.4, -0.2) is 63.2 Å². The Hall–Kier alpha value is -7.18. The zero-order valence-electron chi connectivity index (χ0n) is 28.2. The van der Waals surface area contributed by atoms with Gasteiger partial charge in [-0.1, -0.05) is 12.1 Å². The molecule has 0 saturated heterocycles. The molecule has 0 saturated carbocycles. The zero-order valence-corrected chi connectivity index (χ0v) is 32.3. The molecule has 6 aromatic rings. The van der Waals surface area contributed by atoms with Gasteiger partial charge in [0.25, 0.3) is 0 Å². The Kier molecular flexibility index (Phi) is 21.7. The maximum absolute atomic E-state index is 12.3. The fourth-order valence-electron chi connectivity index (χ4n) is 3.96. The summed E-state index contributed by atoms with van der Waals surface area (Å²) in [5.41, 5.74) is 2.57. The van der Waals surface area contributed by atoms with Crippen molar-refractivity contribution in [2.75, 3.05) is 0 Å². The van der Waals surface area contributed by atoms with Crippen LogP contribution in [0.15, 0.2) is 135 Å². The first-order valence-electron chi connectivity index (χ1n) is 14.3. The van der Waals surface area contributed by atoms with E-state index in [0.29, 0.717) is 22.3 Å². The number of carbonyl (C=O) groups excluding carboxylic acids is 4. The number of hydrogen-bond donors (Lipinski definition) is 0. The first-order valence-corrected chi connectivity index (χ1v) is 14.3. The zero-order chi connectivity index (χ0) is 37.9. The van der Waals surface area contributed by atoms with E-state index in [0.717, 1.165) is 0 Å². The number of hydrogen-bond acceptors (Lipinski definition) is 16. The number of pyridine rings is 6. The summed E-state index contributed by atoms with van der Waals surface area (Å²) in [4.78, 5) is 89.8. The molecule has 6 rings (SSSR count). The monoisotopic (exact) mass is 854 g/mol. The molecule has 0 radical (unpaired) electrons. The predicted molar refractivity (Wildman–Crippen MR) is 190 cm³/mol. The maximum Gasteiger partial charge on any atom is 2.00 e. The molecule has 20 nitrogen and oxygen atoms in total. The van der Waals surface area contributed by atoms with Gasteiger partial charge in [-0.2, -0.15) is 0 Å². The van der Waals surface area contributed by atoms with Crippen LogP contribution < -0.4 is 0 Å². The maximum atomic E-state index is 12.3. The number of nitrogens with zero attached hydrogens (tertiary/aromatic N) is 8. The molecule has 21 heteroatoms. The van der Waals surface area contributed by atoms with E-state index < -0.39 is 10.2 Å². The first kappa shape index (κ1) is 47.8. The smallest absolute Gasteiger partial charge is 0.457 e. The molecule has 276 valence electrons. The fourth-order valence-corrected chi connectivity index (χ4v) is 3.96. The van der Waals surface area contributed by atoms with Crippen LogP contribution in [0.4, 0.5) is 0 Å². The van der Waals surface area contributed by atoms with Crippen molar-refractivity contribution >= 4 is 23.1 Å². The van der Waals surface area contributed by atoms with E-state index in [4.69, 9.17) is 30.6 Å². The predicted octanol–water partition coefficient (Wildman–Crippen LogP) is 2.34. The second kappa shape index (κ2) is 24.9. The molecule has 0 unspecified atom stereocenters. The summed E-state index contributed by atoms with van der Waals surface area (Å²) in [6, 6.07) is 22.9. The molecule has 6 heterocycles. The minimum atomic E-state index is -1.75. The van der Waals surface area contributed by atoms with Crippen molar-refractivity contribution in [3.8, 4) is 0 Å². The van der Waals surface area contributed by atoms with Crippen LogP contribution in [0, 0.1) is 30.6 Å². The van der Waals surface area contributed by atoms with Crippen molar-refractivity contribution in [1.29, 1.82) is 0 Å². The van der Waals surface area contributed by atoms with E-state index in [1.54, 1.807) is 110 Å². The van der Waals surface area contributed by atoms with Gasteiger partial charge in [0.2, 0.25) is 23.1 Å². The van der Waals surface area contributed by atoms with E-state index in [1.807, 2.05) is 0 Å². The number of rotatable bonds is 8. The summed E-state index contributed by atoms with van der Waals surface area (Å²) in [5, 5.41) is 29.5. The quantitative estimate of drug-likeness (QED) is 0.0697. The van der Waals surface area contributed by atoms with Gasteiger partial charge in [0.1, 0.15) is 22.8 Å². The third-order valence-corrected chi connectivity index (χ3v) is 6.12. The average molecular weight is 853 g/mol. The Labute approximate surface area is 329 Å². The molecule has 0 aliphatic rings. The van der Waals surface area contributed by atoms with Crippen molar-refractivity contribution in [2.24, 2.45) is 0 Å². The fraction of sp³-hybridized carbons (Fsp3) is 0. The third kappa shape index (κ3) is 15.9. The Morgan fingerprint density at radius 1 is 0.400 bits per heavy atom. The Morgan fingerprint density at radius 2 is 0.600 bits per heavy atom. The average Bonchev–Trinajstić information content (AvgIpc) is 3.18. The van der Waals surface area contributed by atoms with Gasteiger partial charge in [-0.3, -0.25) is 39.1 Å². The molecule has 0 bridgehead atoms. The molecule has 6 aromatic heterocycles. The van der Waals surface area contributed by atoms with Gasteiger partial charge in [0, 0.05) is 71.8 Å². The topological polar surface area (TPSA) is 344 Å². The third-order valence-electron chi connectivity index (χ3n) is 6.12. The molecule has 6 N–H and O–H groups in total. The van der Waals surface area contributed by atoms with E-state index in [1.165, 1.54) is 24.8 Å². The van der Waals surface area contributed by atoms with Crippen molar-refractivity contribution in [3.63, 3.8) is 0 Å². The number of aromatic nitrogens is 6. The molecule has 55 heavy (non-hydrogen) atoms. The minimum absolute atomic E-state index is 0. The summed E-state index contributed by atoms with van der Waals surface area (Å²) in [7, 11) is 0. The Bertz CT molecular complexity index is 1860. The second-order valence-electron chi connectivity index (χ2n) is 9.55. The van der Waals surface area contributed by atoms with Crippen LogP contribution in [0.2, 0.25) is 0 Å². The molecule has 0 fully saturated rings. The number of carbonyl (C=O) groups is 4. The van der Waals surface area contributed by atoms with Crippen molar-refractivity contribution in [2.45, 2.75) is 0 Å². The van der Waals surface area contributed by atoms with Crippen molar-refractivity contribution in [3.05, 3.63) is 210 Å². The van der Waals surface area contributed by atoms with E-state index in [2.05, 4.69) is 29.9 Å². The normalized spacial score (nSPS) is 9.02. The molecule has 0 aliphatic heterocycles. The van der Waals surface area contributed by atoms with Gasteiger partial charge in [0.05, 0.1) is 10.2 Å². The summed E-state index contributed by atoms with van der Waals surface area (Å²) < 4.78 is 0. The van der Waals surface area contributed by atoms with Crippen molar-refractivity contribution in [1.82, 2.24) is 29.9 Å². The Balaban J connectivity index is 0.000000849. The molecule has 0 aromatic carbocycles. The van der Waals surface area contributed by atoms with E-state index in [-0.39, 0.29) is 84.2 Å². The first-order chi connectivity index (χ1) is 25.0. The summed E-state index contributed by atoms with van der Waals surface area (Å²) in [5.74, 6) is -1.08. The standard InChI is InChI=1S/2C17H11N3O2.Cd.2NO3.2H2O/c2*21-16(12-4-2-8-18-10-12)14-6-1-7-15(20-14)17(22)13-5-3-9-19-11-13;;2*2-1(3)4;;/h2*1-11H;;;;2*1H2/q;;+2;2*-1;;/p+2. The molecule has 0 amide bonds. The number of ketones is 4. The summed E-state index contributed by atoms with van der Waals surface area (Å²) >= 11 is 0. The Morgan fingerprint density at radius 3 is 0.764 bits per heavy atom. The van der Waals surface area contributed by atoms with Gasteiger partial charge < -0.3 is 41.6 Å². The van der Waals surface area contributed by atoms with Crippen LogP contribution in [-0.2, 0) is 38.3 Å². The SMILES string of the molecule is O=C(c1cccnc1)c1cccc(C(=O)c2cccnc2)n1.O=C(c1cccnc1)c1cccc(C(=O)c2cccnc2)n1.O=[N+]([O-])[O-].O=[N+]([O-])[O-].[Cd+2].[OH3+].[OH3+]. The van der Waals surface area contributed by atoms with E-state index in [9.17, 15) is 19.2 Å². The van der Waals surface area contributed by atoms with Gasteiger partial charge >= 0.3 is 27.3 Å². The van der Waals surface area contributed by atoms with Gasteiger partial charge in [-0.05, 0) is 72.8 Å². The molecular formula is C34H28CdN8O12+2. The van der Waals surface area contributed by atoms with Gasteiger partial charge in [-0.15, -0.1) is 0 Å². The second-order valence-corrected chi connectivity index (χ2v) is 9.55. The summed E-state index contributed by atoms with van der Waals surface area (Å²) in [6.07, 6.45) is 12.2. The molecule has 0 atom stereocenters. The van der Waals surface area contributed by atoms with Crippen LogP contribution in [0.1, 0.15) is 64.2 Å². The van der Waals surface area contributed by atoms with Crippen LogP contribution in [0.25, 0.3) is 0 Å². The molecular weight excluding hydrogens is 825 g/mol.